The van der Waals surface area contributed by atoms with Crippen molar-refractivity contribution in [3.05, 3.63) is 52.5 Å². The summed E-state index contributed by atoms with van der Waals surface area (Å²) in [4.78, 5) is 12.5. The van der Waals surface area contributed by atoms with Gasteiger partial charge in [0, 0.05) is 29.3 Å². The van der Waals surface area contributed by atoms with Crippen LogP contribution in [0.15, 0.2) is 46.9 Å². The van der Waals surface area contributed by atoms with E-state index in [2.05, 4.69) is 42.0 Å². The molecule has 2 N–H and O–H groups in total. The van der Waals surface area contributed by atoms with E-state index in [0.29, 0.717) is 11.3 Å². The Kier molecular flexibility index (Phi) is 11.0. The molecule has 0 bridgehead atoms. The van der Waals surface area contributed by atoms with Gasteiger partial charge in [-0.1, -0.05) is 42.8 Å². The molecule has 34 heavy (non-hydrogen) atoms. The summed E-state index contributed by atoms with van der Waals surface area (Å²) < 4.78 is 36.9. The third kappa shape index (κ3) is 7.81. The molecule has 0 saturated heterocycles. The third-order valence-electron chi connectivity index (χ3n) is 5.93. The lowest BCUT2D eigenvalue weighted by Crippen LogP contribution is -2.41. The molecule has 0 heterocycles. The highest BCUT2D eigenvalue weighted by atomic mass is 79.9. The van der Waals surface area contributed by atoms with Crippen LogP contribution in [-0.4, -0.2) is 48.3 Å². The number of anilines is 1. The Hall–Kier alpha value is -1.92. The standard InChI is InChI=1S/C23H33BrN2O6SSi/c1-5-34(6-2,7-3)32-22(17-8-13-21(27)20(14-17)26(4)33(29)30)15-25-23(28)16-31-19-11-9-18(24)10-12-19/h8-14,22,27H,5-7,15-16H2,1-4H3,(H,25,28)(H,29,30)/p-1. The monoisotopic (exact) mass is 571 g/mol. The first-order valence-electron chi connectivity index (χ1n) is 11.1. The van der Waals surface area contributed by atoms with E-state index in [4.69, 9.17) is 9.16 Å². The number of ether oxygens (including phenoxy) is 1. The molecule has 1 amide bonds. The summed E-state index contributed by atoms with van der Waals surface area (Å²) >= 11 is 0.809. The highest BCUT2D eigenvalue weighted by Gasteiger charge is 2.33. The summed E-state index contributed by atoms with van der Waals surface area (Å²) in [6, 6.07) is 14.6. The maximum atomic E-state index is 12.5. The molecule has 0 aliphatic carbocycles. The fourth-order valence-corrected chi connectivity index (χ4v) is 6.93. The molecule has 0 spiro atoms. The fourth-order valence-electron chi connectivity index (χ4n) is 3.54. The summed E-state index contributed by atoms with van der Waals surface area (Å²) in [6.07, 6.45) is -0.504. The number of hydrogen-bond acceptors (Lipinski definition) is 6. The Morgan fingerprint density at radius 2 is 1.79 bits per heavy atom. The van der Waals surface area contributed by atoms with Crippen LogP contribution in [0.4, 0.5) is 5.69 Å². The molecule has 2 aromatic rings. The number of benzene rings is 2. The quantitative estimate of drug-likeness (QED) is 0.267. The second-order valence-electron chi connectivity index (χ2n) is 7.86. The maximum Gasteiger partial charge on any atom is 0.258 e. The number of aromatic hydroxyl groups is 1. The number of nitrogens with zero attached hydrogens (tertiary/aromatic N) is 1. The van der Waals surface area contributed by atoms with E-state index in [1.54, 1.807) is 24.3 Å². The highest BCUT2D eigenvalue weighted by Crippen LogP contribution is 2.34. The van der Waals surface area contributed by atoms with Crippen molar-refractivity contribution in [2.75, 3.05) is 24.5 Å². The van der Waals surface area contributed by atoms with Gasteiger partial charge in [-0.3, -0.25) is 9.00 Å². The molecule has 2 aromatic carbocycles. The summed E-state index contributed by atoms with van der Waals surface area (Å²) in [5.74, 6) is 0.119. The molecule has 0 aliphatic heterocycles. The molecule has 0 aliphatic rings. The predicted molar refractivity (Wildman–Crippen MR) is 139 cm³/mol. The molecular formula is C23H32BrN2O6SSi-. The van der Waals surface area contributed by atoms with E-state index < -0.39 is 25.7 Å². The van der Waals surface area contributed by atoms with Gasteiger partial charge in [0.1, 0.15) is 11.5 Å². The van der Waals surface area contributed by atoms with E-state index in [9.17, 15) is 18.7 Å². The summed E-state index contributed by atoms with van der Waals surface area (Å²) in [7, 11) is -0.727. The van der Waals surface area contributed by atoms with Crippen LogP contribution in [0.1, 0.15) is 32.4 Å². The maximum absolute atomic E-state index is 12.5. The van der Waals surface area contributed by atoms with Crippen LogP contribution in [-0.2, 0) is 20.5 Å². The highest BCUT2D eigenvalue weighted by molar-refractivity contribution is 9.10. The summed E-state index contributed by atoms with van der Waals surface area (Å²) in [6.45, 7) is 6.36. The first-order chi connectivity index (χ1) is 16.1. The van der Waals surface area contributed by atoms with Gasteiger partial charge in [0.15, 0.2) is 14.9 Å². The number of rotatable bonds is 13. The van der Waals surface area contributed by atoms with Gasteiger partial charge >= 0.3 is 0 Å². The third-order valence-corrected chi connectivity index (χ3v) is 11.8. The van der Waals surface area contributed by atoms with Crippen molar-refractivity contribution in [2.24, 2.45) is 0 Å². The Morgan fingerprint density at radius 3 is 2.35 bits per heavy atom. The van der Waals surface area contributed by atoms with E-state index in [1.807, 2.05) is 12.1 Å². The van der Waals surface area contributed by atoms with Gasteiger partial charge in [-0.2, -0.15) is 0 Å². The lowest BCUT2D eigenvalue weighted by atomic mass is 10.1. The molecule has 2 unspecified atom stereocenters. The van der Waals surface area contributed by atoms with Crippen molar-refractivity contribution in [1.82, 2.24) is 5.32 Å². The minimum atomic E-state index is -2.55. The fraction of sp³-hybridized carbons (Fsp3) is 0.435. The molecule has 8 nitrogen and oxygen atoms in total. The van der Waals surface area contributed by atoms with Crippen molar-refractivity contribution in [1.29, 1.82) is 0 Å². The Bertz CT molecular complexity index is 966. The van der Waals surface area contributed by atoms with E-state index >= 15 is 0 Å². The van der Waals surface area contributed by atoms with Crippen molar-refractivity contribution in [2.45, 2.75) is 45.0 Å². The largest absolute Gasteiger partial charge is 0.755 e. The number of carbonyl (C=O) groups excluding carboxylic acids is 1. The second-order valence-corrected chi connectivity index (χ2v) is 14.5. The van der Waals surface area contributed by atoms with Crippen molar-refractivity contribution >= 4 is 47.1 Å². The smallest absolute Gasteiger partial charge is 0.258 e. The van der Waals surface area contributed by atoms with Crippen LogP contribution in [0, 0.1) is 0 Å². The van der Waals surface area contributed by atoms with Gasteiger partial charge in [0.2, 0.25) is 0 Å². The summed E-state index contributed by atoms with van der Waals surface area (Å²) in [5, 5.41) is 13.1. The van der Waals surface area contributed by atoms with Gasteiger partial charge in [0.25, 0.3) is 5.91 Å². The topological polar surface area (TPSA) is 111 Å². The first kappa shape index (κ1) is 28.3. The van der Waals surface area contributed by atoms with Crippen LogP contribution < -0.4 is 14.4 Å². The number of carbonyl (C=O) groups is 1. The molecule has 2 atom stereocenters. The number of phenolic OH excluding ortho intramolecular Hbond substituents is 1. The van der Waals surface area contributed by atoms with Crippen LogP contribution in [0.5, 0.6) is 11.5 Å². The van der Waals surface area contributed by atoms with Gasteiger partial charge in [0.05, 0.1) is 11.8 Å². The molecule has 0 aromatic heterocycles. The zero-order valence-corrected chi connectivity index (χ0v) is 23.3. The minimum Gasteiger partial charge on any atom is -0.755 e. The normalized spacial score (nSPS) is 13.2. The molecule has 188 valence electrons. The van der Waals surface area contributed by atoms with Crippen molar-refractivity contribution in [3.63, 3.8) is 0 Å². The SMILES string of the molecule is CC[Si](CC)(CC)OC(CNC(=O)COc1ccc(Br)cc1)c1ccc(O)c(N(C)S(=O)[O-])c1. The van der Waals surface area contributed by atoms with Crippen LogP contribution in [0.3, 0.4) is 0 Å². The molecule has 2 rings (SSSR count). The first-order valence-corrected chi connectivity index (χ1v) is 15.5. The number of nitrogens with one attached hydrogen (secondary N) is 1. The summed E-state index contributed by atoms with van der Waals surface area (Å²) in [5.41, 5.74) is 0.813. The Balaban J connectivity index is 2.21. The molecular weight excluding hydrogens is 540 g/mol. The van der Waals surface area contributed by atoms with Crippen molar-refractivity contribution in [3.8, 4) is 11.5 Å². The number of hydrogen-bond donors (Lipinski definition) is 2. The van der Waals surface area contributed by atoms with Crippen LogP contribution >= 0.6 is 15.9 Å². The molecule has 0 saturated carbocycles. The number of phenols is 1. The Labute approximate surface area is 213 Å². The number of halogens is 1. The van der Waals surface area contributed by atoms with Gasteiger partial charge in [-0.25, -0.2) is 0 Å². The van der Waals surface area contributed by atoms with E-state index in [0.717, 1.165) is 26.9 Å². The zero-order valence-electron chi connectivity index (χ0n) is 19.9. The average Bonchev–Trinajstić information content (AvgIpc) is 2.84. The lowest BCUT2D eigenvalue weighted by molar-refractivity contribution is -0.123. The van der Waals surface area contributed by atoms with Crippen LogP contribution in [0.25, 0.3) is 0 Å². The number of amides is 1. The van der Waals surface area contributed by atoms with Crippen LogP contribution in [0.2, 0.25) is 18.1 Å². The predicted octanol–water partition coefficient (Wildman–Crippen LogP) is 4.64. The zero-order chi connectivity index (χ0) is 25.3. The molecule has 0 radical (unpaired) electrons. The Morgan fingerprint density at radius 1 is 1.18 bits per heavy atom. The minimum absolute atomic E-state index is 0.140. The van der Waals surface area contributed by atoms with E-state index in [1.165, 1.54) is 13.1 Å². The van der Waals surface area contributed by atoms with E-state index in [-0.39, 0.29) is 30.5 Å². The van der Waals surface area contributed by atoms with Gasteiger partial charge < -0.3 is 28.4 Å². The average molecular weight is 573 g/mol. The van der Waals surface area contributed by atoms with Gasteiger partial charge in [-0.05, 0) is 60.1 Å². The van der Waals surface area contributed by atoms with Crippen molar-refractivity contribution < 1.29 is 27.8 Å². The second kappa shape index (κ2) is 13.2. The molecule has 11 heteroatoms. The molecule has 0 fully saturated rings. The lowest BCUT2D eigenvalue weighted by Gasteiger charge is -2.34. The van der Waals surface area contributed by atoms with Gasteiger partial charge in [-0.15, -0.1) is 0 Å².